The predicted octanol–water partition coefficient (Wildman–Crippen LogP) is 16.2. The zero-order valence-corrected chi connectivity index (χ0v) is 37.4. The fourth-order valence-corrected chi connectivity index (χ4v) is 10.2. The molecule has 0 radical (unpaired) electrons. The molecular formula is C62H46N4. The fourth-order valence-electron chi connectivity index (χ4n) is 10.2. The van der Waals surface area contributed by atoms with Gasteiger partial charge in [0.15, 0.2) is 5.82 Å². The number of aromatic nitrogens is 4. The molecule has 0 saturated carbocycles. The number of benzene rings is 9. The quantitative estimate of drug-likeness (QED) is 0.160. The van der Waals surface area contributed by atoms with Crippen LogP contribution in [0.3, 0.4) is 0 Å². The first-order valence-corrected chi connectivity index (χ1v) is 22.7. The number of nitrogens with zero attached hydrogens (tertiary/aromatic N) is 4. The van der Waals surface area contributed by atoms with Gasteiger partial charge in [-0.25, -0.2) is 9.97 Å². The predicted molar refractivity (Wildman–Crippen MR) is 277 cm³/mol. The third kappa shape index (κ3) is 6.86. The highest BCUT2D eigenvalue weighted by molar-refractivity contribution is 6.12. The van der Waals surface area contributed by atoms with E-state index in [0.29, 0.717) is 5.82 Å². The van der Waals surface area contributed by atoms with Crippen LogP contribution in [0.4, 0.5) is 0 Å². The maximum absolute atomic E-state index is 5.38. The van der Waals surface area contributed by atoms with Crippen molar-refractivity contribution in [3.63, 3.8) is 0 Å². The number of hydrogen-bond donors (Lipinski definition) is 0. The van der Waals surface area contributed by atoms with E-state index < -0.39 is 0 Å². The fraction of sp³-hybridized carbons (Fsp3) is 0.0645. The van der Waals surface area contributed by atoms with Gasteiger partial charge in [-0.15, -0.1) is 0 Å². The molecule has 0 atom stereocenters. The Morgan fingerprint density at radius 3 is 1.17 bits per heavy atom. The summed E-state index contributed by atoms with van der Waals surface area (Å²) in [6, 6.07) is 75.0. The summed E-state index contributed by atoms with van der Waals surface area (Å²) in [5.41, 5.74) is 21.3. The van der Waals surface area contributed by atoms with Crippen LogP contribution in [-0.4, -0.2) is 19.1 Å². The van der Waals surface area contributed by atoms with Gasteiger partial charge in [0, 0.05) is 49.6 Å². The lowest BCUT2D eigenvalue weighted by atomic mass is 9.99. The number of aryl methyl sites for hydroxylation is 4. The molecule has 0 saturated heterocycles. The van der Waals surface area contributed by atoms with E-state index in [2.05, 4.69) is 219 Å². The van der Waals surface area contributed by atoms with E-state index in [1.165, 1.54) is 66.1 Å². The van der Waals surface area contributed by atoms with Gasteiger partial charge in [0.2, 0.25) is 0 Å². The summed E-state index contributed by atoms with van der Waals surface area (Å²) < 4.78 is 4.87. The topological polar surface area (TPSA) is 35.6 Å². The van der Waals surface area contributed by atoms with E-state index >= 15 is 0 Å². The van der Waals surface area contributed by atoms with Crippen molar-refractivity contribution in [2.75, 3.05) is 0 Å². The molecule has 314 valence electrons. The van der Waals surface area contributed by atoms with Gasteiger partial charge in [0.25, 0.3) is 0 Å². The van der Waals surface area contributed by atoms with Crippen LogP contribution < -0.4 is 0 Å². The first-order valence-electron chi connectivity index (χ1n) is 22.7. The molecule has 0 bridgehead atoms. The van der Waals surface area contributed by atoms with E-state index in [1.54, 1.807) is 0 Å². The summed E-state index contributed by atoms with van der Waals surface area (Å²) in [5.74, 6) is 0.686. The molecule has 0 unspecified atom stereocenters. The lowest BCUT2D eigenvalue weighted by Crippen LogP contribution is -2.01. The van der Waals surface area contributed by atoms with Crippen LogP contribution in [0.25, 0.3) is 111 Å². The van der Waals surface area contributed by atoms with Crippen molar-refractivity contribution in [3.05, 3.63) is 229 Å². The lowest BCUT2D eigenvalue weighted by molar-refractivity contribution is 1.13. The second-order valence-electron chi connectivity index (χ2n) is 17.9. The molecule has 3 aromatic heterocycles. The Kier molecular flexibility index (Phi) is 9.35. The third-order valence-corrected chi connectivity index (χ3v) is 13.0. The van der Waals surface area contributed by atoms with Gasteiger partial charge >= 0.3 is 0 Å². The van der Waals surface area contributed by atoms with Gasteiger partial charge < -0.3 is 9.13 Å². The van der Waals surface area contributed by atoms with Crippen molar-refractivity contribution in [2.45, 2.75) is 27.7 Å². The second kappa shape index (κ2) is 15.7. The molecule has 0 amide bonds. The van der Waals surface area contributed by atoms with Crippen LogP contribution in [0.1, 0.15) is 22.3 Å². The Morgan fingerprint density at radius 1 is 0.273 bits per heavy atom. The average molecular weight is 847 g/mol. The van der Waals surface area contributed by atoms with Crippen LogP contribution in [0.15, 0.2) is 206 Å². The Hall–Kier alpha value is -8.34. The molecule has 0 spiro atoms. The van der Waals surface area contributed by atoms with Gasteiger partial charge in [0.1, 0.15) is 0 Å². The summed E-state index contributed by atoms with van der Waals surface area (Å²) >= 11 is 0. The average Bonchev–Trinajstić information content (AvgIpc) is 3.86. The highest BCUT2D eigenvalue weighted by atomic mass is 15.0. The van der Waals surface area contributed by atoms with Gasteiger partial charge in [-0.2, -0.15) is 0 Å². The van der Waals surface area contributed by atoms with Crippen LogP contribution >= 0.6 is 0 Å². The molecule has 12 rings (SSSR count). The summed E-state index contributed by atoms with van der Waals surface area (Å²) in [7, 11) is 0. The first-order chi connectivity index (χ1) is 32.3. The summed E-state index contributed by atoms with van der Waals surface area (Å²) in [5, 5.41) is 4.84. The maximum Gasteiger partial charge on any atom is 0.160 e. The molecule has 3 heterocycles. The van der Waals surface area contributed by atoms with E-state index in [4.69, 9.17) is 9.97 Å². The zero-order valence-electron chi connectivity index (χ0n) is 37.4. The Balaban J connectivity index is 1.14. The van der Waals surface area contributed by atoms with Crippen LogP contribution in [0.2, 0.25) is 0 Å². The molecule has 0 N–H and O–H groups in total. The molecule has 4 nitrogen and oxygen atoms in total. The molecule has 9 aromatic carbocycles. The second-order valence-corrected chi connectivity index (χ2v) is 17.9. The van der Waals surface area contributed by atoms with E-state index in [1.807, 2.05) is 24.3 Å². The van der Waals surface area contributed by atoms with Crippen LogP contribution in [0.5, 0.6) is 0 Å². The molecule has 0 aliphatic carbocycles. The van der Waals surface area contributed by atoms with Gasteiger partial charge in [-0.05, 0) is 111 Å². The molecule has 0 aliphatic heterocycles. The minimum absolute atomic E-state index is 0.686. The van der Waals surface area contributed by atoms with Crippen LogP contribution in [0, 0.1) is 27.7 Å². The number of rotatable bonds is 7. The Bertz CT molecular complexity index is 3570. The SMILES string of the molecule is Cc1cc(C)cc(-c2ccc3c(c2)c2ccccc2n3-c2cc(-c3cc(-c4ccccc4)nc(-c4ccccc4)n3)cc(-n3c4ccccc4c4cc(-c5cc(C)cc(C)c5)ccc43)c2)c1. The summed E-state index contributed by atoms with van der Waals surface area (Å²) in [4.78, 5) is 10.6. The number of para-hydroxylation sites is 2. The van der Waals surface area contributed by atoms with E-state index in [0.717, 1.165) is 61.5 Å². The summed E-state index contributed by atoms with van der Waals surface area (Å²) in [6.07, 6.45) is 0. The molecule has 66 heavy (non-hydrogen) atoms. The number of fused-ring (bicyclic) bond motifs is 6. The minimum atomic E-state index is 0.686. The van der Waals surface area contributed by atoms with Gasteiger partial charge in [0.05, 0.1) is 33.5 Å². The van der Waals surface area contributed by atoms with Crippen LogP contribution in [-0.2, 0) is 0 Å². The van der Waals surface area contributed by atoms with Crippen molar-refractivity contribution >= 4 is 43.6 Å². The monoisotopic (exact) mass is 846 g/mol. The van der Waals surface area contributed by atoms with E-state index in [9.17, 15) is 0 Å². The van der Waals surface area contributed by atoms with Crippen molar-refractivity contribution in [1.29, 1.82) is 0 Å². The van der Waals surface area contributed by atoms with E-state index in [-0.39, 0.29) is 0 Å². The zero-order chi connectivity index (χ0) is 44.5. The molecular weight excluding hydrogens is 801 g/mol. The minimum Gasteiger partial charge on any atom is -0.309 e. The lowest BCUT2D eigenvalue weighted by Gasteiger charge is -2.17. The van der Waals surface area contributed by atoms with Gasteiger partial charge in [-0.1, -0.05) is 168 Å². The van der Waals surface area contributed by atoms with Crippen molar-refractivity contribution in [2.24, 2.45) is 0 Å². The molecule has 0 aliphatic rings. The Labute approximate surface area is 384 Å². The van der Waals surface area contributed by atoms with Crippen molar-refractivity contribution in [3.8, 4) is 67.5 Å². The molecule has 0 fully saturated rings. The first kappa shape index (κ1) is 39.3. The highest BCUT2D eigenvalue weighted by Gasteiger charge is 2.20. The third-order valence-electron chi connectivity index (χ3n) is 13.0. The van der Waals surface area contributed by atoms with Gasteiger partial charge in [-0.3, -0.25) is 0 Å². The maximum atomic E-state index is 5.38. The molecule has 4 heteroatoms. The largest absolute Gasteiger partial charge is 0.309 e. The van der Waals surface area contributed by atoms with Crippen molar-refractivity contribution in [1.82, 2.24) is 19.1 Å². The molecule has 12 aromatic rings. The standard InChI is InChI=1S/C62H46N4/c1-39-27-40(2)30-47(29-39)45-23-25-60-54(35-45)52-19-11-13-21-58(52)65(60)50-33-49(57-38-56(43-15-7-5-8-16-43)63-62(64-57)44-17-9-6-10-18-44)34-51(37-50)66-59-22-14-12-20-53(59)55-36-46(24-26-61(55)66)48-31-41(3)28-42(4)32-48/h5-38H,1-4H3. The van der Waals surface area contributed by atoms with Crippen molar-refractivity contribution < 1.29 is 0 Å². The smallest absolute Gasteiger partial charge is 0.160 e. The normalized spacial score (nSPS) is 11.6. The summed E-state index contributed by atoms with van der Waals surface area (Å²) in [6.45, 7) is 8.71. The Morgan fingerprint density at radius 2 is 0.682 bits per heavy atom. The number of hydrogen-bond acceptors (Lipinski definition) is 2. The highest BCUT2D eigenvalue weighted by Crippen LogP contribution is 2.41.